The first kappa shape index (κ1) is 30.7. The highest BCUT2D eigenvalue weighted by Crippen LogP contribution is 2.40. The van der Waals surface area contributed by atoms with Crippen LogP contribution in [0.4, 0.5) is 31.1 Å². The first-order valence-electron chi connectivity index (χ1n) is 13.3. The fourth-order valence-electron chi connectivity index (χ4n) is 5.65. The average Bonchev–Trinajstić information content (AvgIpc) is 3.37. The van der Waals surface area contributed by atoms with E-state index in [0.29, 0.717) is 38.1 Å². The summed E-state index contributed by atoms with van der Waals surface area (Å²) in [5.41, 5.74) is -4.30. The lowest BCUT2D eigenvalue weighted by molar-refractivity contribution is -0.144. The second kappa shape index (κ2) is 11.2. The first-order chi connectivity index (χ1) is 19.0. The van der Waals surface area contributed by atoms with Crippen molar-refractivity contribution in [1.82, 2.24) is 14.7 Å². The fourth-order valence-corrected chi connectivity index (χ4v) is 5.65. The molecule has 4 rings (SSSR count). The van der Waals surface area contributed by atoms with Gasteiger partial charge in [-0.05, 0) is 56.0 Å². The summed E-state index contributed by atoms with van der Waals surface area (Å²) < 4.78 is 81.3. The van der Waals surface area contributed by atoms with Crippen LogP contribution in [0.2, 0.25) is 0 Å². The molecule has 2 heterocycles. The summed E-state index contributed by atoms with van der Waals surface area (Å²) in [6, 6.07) is 9.55. The van der Waals surface area contributed by atoms with Gasteiger partial charge in [-0.3, -0.25) is 4.79 Å². The predicted molar refractivity (Wildman–Crippen MR) is 139 cm³/mol. The smallest absolute Gasteiger partial charge is 0.393 e. The number of nitrogens with zero attached hydrogens (tertiary/aromatic N) is 3. The maximum atomic E-state index is 13.9. The summed E-state index contributed by atoms with van der Waals surface area (Å²) in [6.45, 7) is 3.77. The average molecular weight is 586 g/mol. The van der Waals surface area contributed by atoms with Crippen molar-refractivity contribution >= 4 is 11.9 Å². The van der Waals surface area contributed by atoms with Gasteiger partial charge in [0.25, 0.3) is 0 Å². The SMILES string of the molecule is CN(C(=O)C(C)(C)c1cc(C(F)(F)F)cc(C(F)(F)F)c1)[C@@H]1CN(C(=O)N2CCC(O)CC2)CC1c1ccccc1. The van der Waals surface area contributed by atoms with Crippen LogP contribution in [0, 0.1) is 0 Å². The van der Waals surface area contributed by atoms with E-state index >= 15 is 0 Å². The van der Waals surface area contributed by atoms with Gasteiger partial charge >= 0.3 is 18.4 Å². The molecule has 2 aliphatic heterocycles. The number of hydrogen-bond donors (Lipinski definition) is 1. The van der Waals surface area contributed by atoms with Gasteiger partial charge in [0.1, 0.15) is 0 Å². The molecule has 0 spiro atoms. The number of likely N-dealkylation sites (N-methyl/N-ethyl adjacent to an activating group) is 1. The molecule has 0 aliphatic carbocycles. The lowest BCUT2D eigenvalue weighted by Gasteiger charge is -2.36. The highest BCUT2D eigenvalue weighted by Gasteiger charge is 2.46. The molecular weight excluding hydrogens is 552 g/mol. The van der Waals surface area contributed by atoms with Crippen molar-refractivity contribution in [3.8, 4) is 0 Å². The van der Waals surface area contributed by atoms with Crippen molar-refractivity contribution in [2.45, 2.75) is 62.5 Å². The minimum atomic E-state index is -5.05. The van der Waals surface area contributed by atoms with Crippen molar-refractivity contribution in [3.05, 3.63) is 70.8 Å². The summed E-state index contributed by atoms with van der Waals surface area (Å²) in [6.07, 6.45) is -9.66. The van der Waals surface area contributed by atoms with Crippen LogP contribution in [0.5, 0.6) is 0 Å². The Hall–Kier alpha value is -3.28. The van der Waals surface area contributed by atoms with Gasteiger partial charge < -0.3 is 19.8 Å². The molecule has 6 nitrogen and oxygen atoms in total. The molecule has 3 amide bonds. The summed E-state index contributed by atoms with van der Waals surface area (Å²) in [5.74, 6) is -1.01. The topological polar surface area (TPSA) is 64.1 Å². The molecule has 41 heavy (non-hydrogen) atoms. The molecule has 1 N–H and O–H groups in total. The predicted octanol–water partition coefficient (Wildman–Crippen LogP) is 5.50. The van der Waals surface area contributed by atoms with Crippen LogP contribution in [0.3, 0.4) is 0 Å². The van der Waals surface area contributed by atoms with E-state index in [0.717, 1.165) is 5.56 Å². The molecule has 2 saturated heterocycles. The van der Waals surface area contributed by atoms with Gasteiger partial charge in [0.2, 0.25) is 5.91 Å². The molecule has 0 saturated carbocycles. The Balaban J connectivity index is 1.66. The molecule has 12 heteroatoms. The number of rotatable bonds is 4. The minimum Gasteiger partial charge on any atom is -0.393 e. The zero-order valence-electron chi connectivity index (χ0n) is 23.0. The van der Waals surface area contributed by atoms with Gasteiger partial charge in [0, 0.05) is 39.1 Å². The molecule has 224 valence electrons. The Morgan fingerprint density at radius 2 is 1.34 bits per heavy atom. The van der Waals surface area contributed by atoms with Gasteiger partial charge in [-0.1, -0.05) is 30.3 Å². The van der Waals surface area contributed by atoms with E-state index < -0.39 is 52.5 Å². The van der Waals surface area contributed by atoms with Crippen molar-refractivity contribution in [1.29, 1.82) is 0 Å². The van der Waals surface area contributed by atoms with E-state index in [4.69, 9.17) is 0 Å². The number of piperidine rings is 1. The van der Waals surface area contributed by atoms with Gasteiger partial charge in [-0.25, -0.2) is 4.79 Å². The third kappa shape index (κ3) is 6.47. The third-order valence-corrected chi connectivity index (χ3v) is 8.18. The number of likely N-dealkylation sites (tertiary alicyclic amines) is 2. The summed E-state index contributed by atoms with van der Waals surface area (Å²) in [7, 11) is 1.47. The third-order valence-electron chi connectivity index (χ3n) is 8.18. The molecule has 2 aliphatic rings. The molecule has 0 radical (unpaired) electrons. The van der Waals surface area contributed by atoms with Crippen LogP contribution in [-0.2, 0) is 22.6 Å². The fraction of sp³-hybridized carbons (Fsp3) is 0.517. The van der Waals surface area contributed by atoms with Gasteiger partial charge in [-0.2, -0.15) is 26.3 Å². The summed E-state index contributed by atoms with van der Waals surface area (Å²) in [5, 5.41) is 9.81. The number of halogens is 6. The zero-order chi connectivity index (χ0) is 30.3. The van der Waals surface area contributed by atoms with Gasteiger partial charge in [0.05, 0.1) is 28.7 Å². The second-order valence-electron chi connectivity index (χ2n) is 11.3. The molecule has 0 aromatic heterocycles. The molecule has 1 unspecified atom stereocenters. The zero-order valence-corrected chi connectivity index (χ0v) is 23.0. The van der Waals surface area contributed by atoms with E-state index in [1.165, 1.54) is 25.8 Å². The van der Waals surface area contributed by atoms with E-state index in [2.05, 4.69) is 0 Å². The lowest BCUT2D eigenvalue weighted by Crippen LogP contribution is -2.50. The number of aliphatic hydroxyl groups excluding tert-OH is 1. The van der Waals surface area contributed by atoms with Gasteiger partial charge in [-0.15, -0.1) is 0 Å². The number of carbonyl (C=O) groups is 2. The van der Waals surface area contributed by atoms with Crippen LogP contribution in [0.15, 0.2) is 48.5 Å². The van der Waals surface area contributed by atoms with Crippen molar-refractivity contribution in [2.75, 3.05) is 33.2 Å². The Morgan fingerprint density at radius 1 is 0.829 bits per heavy atom. The van der Waals surface area contributed by atoms with Crippen LogP contribution in [0.25, 0.3) is 0 Å². The highest BCUT2D eigenvalue weighted by molar-refractivity contribution is 5.88. The molecule has 0 bridgehead atoms. The van der Waals surface area contributed by atoms with Crippen LogP contribution >= 0.6 is 0 Å². The largest absolute Gasteiger partial charge is 0.416 e. The number of alkyl halides is 6. The summed E-state index contributed by atoms with van der Waals surface area (Å²) in [4.78, 5) is 31.8. The first-order valence-corrected chi connectivity index (χ1v) is 13.3. The maximum absolute atomic E-state index is 13.9. The molecule has 2 atom stereocenters. The second-order valence-corrected chi connectivity index (χ2v) is 11.3. The van der Waals surface area contributed by atoms with E-state index in [9.17, 15) is 41.0 Å². The number of amides is 3. The van der Waals surface area contributed by atoms with Crippen molar-refractivity contribution in [3.63, 3.8) is 0 Å². The van der Waals surface area contributed by atoms with Crippen molar-refractivity contribution < 1.29 is 41.0 Å². The van der Waals surface area contributed by atoms with Crippen LogP contribution < -0.4 is 0 Å². The molecule has 2 fully saturated rings. The number of aliphatic hydroxyl groups is 1. The Bertz CT molecular complexity index is 1220. The number of urea groups is 1. The lowest BCUT2D eigenvalue weighted by atomic mass is 9.80. The number of carbonyl (C=O) groups excluding carboxylic acids is 2. The van der Waals surface area contributed by atoms with Crippen molar-refractivity contribution in [2.24, 2.45) is 0 Å². The Kier molecular flexibility index (Phi) is 8.37. The monoisotopic (exact) mass is 585 g/mol. The molecule has 2 aromatic rings. The number of benzene rings is 2. The van der Waals surface area contributed by atoms with Gasteiger partial charge in [0.15, 0.2) is 0 Å². The maximum Gasteiger partial charge on any atom is 0.416 e. The van der Waals surface area contributed by atoms with E-state index in [1.807, 2.05) is 30.3 Å². The number of hydrogen-bond acceptors (Lipinski definition) is 3. The Morgan fingerprint density at radius 3 is 1.85 bits per heavy atom. The summed E-state index contributed by atoms with van der Waals surface area (Å²) >= 11 is 0. The Labute approximate surface area is 234 Å². The van der Waals surface area contributed by atoms with E-state index in [1.54, 1.807) is 9.80 Å². The van der Waals surface area contributed by atoms with E-state index in [-0.39, 0.29) is 31.1 Å². The molecular formula is C29H33F6N3O3. The highest BCUT2D eigenvalue weighted by atomic mass is 19.4. The quantitative estimate of drug-likeness (QED) is 0.482. The molecule has 2 aromatic carbocycles. The van der Waals surface area contributed by atoms with Crippen LogP contribution in [0.1, 0.15) is 54.9 Å². The normalized spacial score (nSPS) is 20.8. The standard InChI is InChI=1S/C29H33F6N3O3/c1-27(2,19-13-20(28(30,31)32)15-21(14-19)29(33,34)35)25(40)36(3)24-17-38(16-23(24)18-7-5-4-6-8-18)26(41)37-11-9-22(39)10-12-37/h4-8,13-15,22-24,39H,9-12,16-17H2,1-3H3/t23?,24-/m1/s1. The minimum absolute atomic E-state index is 0.0409. The van der Waals surface area contributed by atoms with Crippen LogP contribution in [-0.4, -0.2) is 77.1 Å².